The molecule has 2 aliphatic carbocycles. The zero-order valence-corrected chi connectivity index (χ0v) is 17.6. The van der Waals surface area contributed by atoms with Crippen molar-refractivity contribution in [2.75, 3.05) is 0 Å². The highest BCUT2D eigenvalue weighted by Gasteiger charge is 2.35. The van der Waals surface area contributed by atoms with E-state index in [0.29, 0.717) is 48.5 Å². The average molecular weight is 473 g/mol. The zero-order valence-electron chi connectivity index (χ0n) is 17.6. The minimum Gasteiger partial charge on any atom is -0.251 e. The molecule has 2 aromatic carbocycles. The molecule has 3 aromatic rings. The molecule has 0 spiro atoms. The lowest BCUT2D eigenvalue weighted by atomic mass is 10.1. The molecule has 0 N–H and O–H groups in total. The lowest BCUT2D eigenvalue weighted by molar-refractivity contribution is -0.137. The Hall–Kier alpha value is -3.49. The monoisotopic (exact) mass is 473 g/mol. The fraction of sp³-hybridized carbons (Fsp3) is 0.240. The number of nitrogens with zero attached hydrogens (tertiary/aromatic N) is 3. The summed E-state index contributed by atoms with van der Waals surface area (Å²) < 4.78 is 80.4. The summed E-state index contributed by atoms with van der Waals surface area (Å²) in [5, 5.41) is 0. The molecule has 0 radical (unpaired) electrons. The van der Waals surface area contributed by atoms with Gasteiger partial charge in [-0.1, -0.05) is 30.3 Å². The Balaban J connectivity index is 1.57. The maximum Gasteiger partial charge on any atom is 0.418 e. The van der Waals surface area contributed by atoms with Crippen molar-refractivity contribution in [2.45, 2.75) is 38.0 Å². The number of rotatable bonds is 2. The highest BCUT2D eigenvalue weighted by atomic mass is 19.4. The summed E-state index contributed by atoms with van der Waals surface area (Å²) in [5.41, 5.74) is 1.53. The molecule has 3 nitrogen and oxygen atoms in total. The highest BCUT2D eigenvalue weighted by Crippen LogP contribution is 2.39. The van der Waals surface area contributed by atoms with Crippen LogP contribution in [0.3, 0.4) is 0 Å². The van der Waals surface area contributed by atoms with Crippen molar-refractivity contribution in [3.05, 3.63) is 88.2 Å². The number of pyridine rings is 1. The molecule has 0 aliphatic heterocycles. The summed E-state index contributed by atoms with van der Waals surface area (Å²) in [6, 6.07) is 12.1. The van der Waals surface area contributed by atoms with E-state index in [-0.39, 0.29) is 11.4 Å². The lowest BCUT2D eigenvalue weighted by Crippen LogP contribution is -2.08. The number of fused-ring (bicyclic) bond motifs is 2. The van der Waals surface area contributed by atoms with E-state index < -0.39 is 23.5 Å². The molecule has 34 heavy (non-hydrogen) atoms. The van der Waals surface area contributed by atoms with Gasteiger partial charge in [0.25, 0.3) is 0 Å². The first kappa shape index (κ1) is 22.3. The number of para-hydroxylation sites is 2. The van der Waals surface area contributed by atoms with E-state index in [2.05, 4.69) is 15.0 Å². The molecule has 5 rings (SSSR count). The van der Waals surface area contributed by atoms with Gasteiger partial charge in [-0.2, -0.15) is 26.3 Å². The van der Waals surface area contributed by atoms with Crippen molar-refractivity contribution in [1.82, 2.24) is 4.98 Å². The SMILES string of the molecule is FC(F)(F)c1ccccc1/N=C1\CCc2cc3c(nc21)/C(=N/c1ccccc1C(F)(F)F)CC3. The van der Waals surface area contributed by atoms with E-state index in [1.807, 2.05) is 6.07 Å². The molecule has 174 valence electrons. The molecule has 1 heterocycles. The molecule has 0 atom stereocenters. The van der Waals surface area contributed by atoms with E-state index in [4.69, 9.17) is 0 Å². The fourth-order valence-corrected chi connectivity index (χ4v) is 4.36. The third kappa shape index (κ3) is 4.10. The third-order valence-electron chi connectivity index (χ3n) is 5.92. The second kappa shape index (κ2) is 8.07. The van der Waals surface area contributed by atoms with Crippen molar-refractivity contribution < 1.29 is 26.3 Å². The van der Waals surface area contributed by atoms with Crippen LogP contribution in [0.25, 0.3) is 0 Å². The molecule has 2 aliphatic rings. The highest BCUT2D eigenvalue weighted by molar-refractivity contribution is 6.08. The summed E-state index contributed by atoms with van der Waals surface area (Å²) in [5.74, 6) is 0. The number of benzene rings is 2. The van der Waals surface area contributed by atoms with E-state index in [1.54, 1.807) is 0 Å². The Bertz CT molecular complexity index is 1240. The van der Waals surface area contributed by atoms with Gasteiger partial charge in [0.2, 0.25) is 0 Å². The van der Waals surface area contributed by atoms with Gasteiger partial charge in [0, 0.05) is 0 Å². The van der Waals surface area contributed by atoms with Gasteiger partial charge < -0.3 is 0 Å². The molecule has 9 heteroatoms. The molecular formula is C25H17F6N3. The number of hydrogen-bond acceptors (Lipinski definition) is 3. The Kier molecular flexibility index (Phi) is 5.30. The van der Waals surface area contributed by atoms with Gasteiger partial charge in [0.05, 0.1) is 45.3 Å². The molecule has 0 saturated heterocycles. The predicted octanol–water partition coefficient (Wildman–Crippen LogP) is 7.25. The Labute approximate surface area is 190 Å². The lowest BCUT2D eigenvalue weighted by Gasteiger charge is -2.11. The Morgan fingerprint density at radius 3 is 1.41 bits per heavy atom. The topological polar surface area (TPSA) is 37.6 Å². The number of aliphatic imine (C=N–C) groups is 2. The number of aryl methyl sites for hydroxylation is 2. The van der Waals surface area contributed by atoms with E-state index in [0.717, 1.165) is 23.3 Å². The second-order valence-electron chi connectivity index (χ2n) is 8.15. The van der Waals surface area contributed by atoms with Crippen molar-refractivity contribution in [2.24, 2.45) is 9.98 Å². The summed E-state index contributed by atoms with van der Waals surface area (Å²) in [6.07, 6.45) is -7.04. The van der Waals surface area contributed by atoms with Crippen LogP contribution in [0, 0.1) is 0 Å². The summed E-state index contributed by atoms with van der Waals surface area (Å²) in [6.45, 7) is 0. The van der Waals surface area contributed by atoms with Crippen LogP contribution in [0.2, 0.25) is 0 Å². The van der Waals surface area contributed by atoms with E-state index in [1.165, 1.54) is 36.4 Å². The van der Waals surface area contributed by atoms with Gasteiger partial charge in [-0.3, -0.25) is 9.98 Å². The smallest absolute Gasteiger partial charge is 0.251 e. The minimum atomic E-state index is -4.54. The van der Waals surface area contributed by atoms with Crippen molar-refractivity contribution in [1.29, 1.82) is 0 Å². The van der Waals surface area contributed by atoms with Crippen molar-refractivity contribution in [3.63, 3.8) is 0 Å². The third-order valence-corrected chi connectivity index (χ3v) is 5.92. The molecule has 0 fully saturated rings. The standard InChI is InChI=1S/C25H17F6N3/c26-24(27,28)16-5-1-3-7-18(16)32-20-11-9-14-13-15-10-12-21(23(15)34-22(14)20)33-19-8-4-2-6-17(19)25(29,30)31/h1-8,13H,9-12H2/b32-20+,33-21+. The second-order valence-corrected chi connectivity index (χ2v) is 8.15. The van der Waals surface area contributed by atoms with Gasteiger partial charge in [0.1, 0.15) is 0 Å². The van der Waals surface area contributed by atoms with Crippen LogP contribution in [-0.4, -0.2) is 16.4 Å². The van der Waals surface area contributed by atoms with Gasteiger partial charge in [-0.25, -0.2) is 4.98 Å². The summed E-state index contributed by atoms with van der Waals surface area (Å²) >= 11 is 0. The Morgan fingerprint density at radius 2 is 1.00 bits per heavy atom. The van der Waals surface area contributed by atoms with Crippen LogP contribution < -0.4 is 0 Å². The number of alkyl halides is 6. The minimum absolute atomic E-state index is 0.187. The molecule has 0 unspecified atom stereocenters. The van der Waals surface area contributed by atoms with Crippen LogP contribution in [0.5, 0.6) is 0 Å². The van der Waals surface area contributed by atoms with Crippen LogP contribution in [0.15, 0.2) is 64.6 Å². The quantitative estimate of drug-likeness (QED) is 0.361. The van der Waals surface area contributed by atoms with Gasteiger partial charge in [-0.05, 0) is 61.1 Å². The first-order chi connectivity index (χ1) is 16.1. The molecule has 0 bridgehead atoms. The van der Waals surface area contributed by atoms with Gasteiger partial charge in [-0.15, -0.1) is 0 Å². The number of hydrogen-bond donors (Lipinski definition) is 0. The van der Waals surface area contributed by atoms with Crippen LogP contribution in [0.4, 0.5) is 37.7 Å². The van der Waals surface area contributed by atoms with Gasteiger partial charge >= 0.3 is 12.4 Å². The van der Waals surface area contributed by atoms with E-state index >= 15 is 0 Å². The first-order valence-electron chi connectivity index (χ1n) is 10.6. The largest absolute Gasteiger partial charge is 0.418 e. The predicted molar refractivity (Wildman–Crippen MR) is 116 cm³/mol. The van der Waals surface area contributed by atoms with Crippen LogP contribution in [0.1, 0.15) is 46.5 Å². The van der Waals surface area contributed by atoms with Crippen molar-refractivity contribution in [3.8, 4) is 0 Å². The molecule has 1 aromatic heterocycles. The van der Waals surface area contributed by atoms with Crippen LogP contribution in [-0.2, 0) is 25.2 Å². The first-order valence-corrected chi connectivity index (χ1v) is 10.6. The molecular weight excluding hydrogens is 456 g/mol. The summed E-state index contributed by atoms with van der Waals surface area (Å²) in [7, 11) is 0. The number of aromatic nitrogens is 1. The number of halogens is 6. The van der Waals surface area contributed by atoms with E-state index in [9.17, 15) is 26.3 Å². The average Bonchev–Trinajstić information content (AvgIpc) is 3.35. The Morgan fingerprint density at radius 1 is 0.588 bits per heavy atom. The molecule has 0 amide bonds. The van der Waals surface area contributed by atoms with Crippen LogP contribution >= 0.6 is 0 Å². The molecule has 0 saturated carbocycles. The summed E-state index contributed by atoms with van der Waals surface area (Å²) in [4.78, 5) is 13.2. The van der Waals surface area contributed by atoms with Gasteiger partial charge in [0.15, 0.2) is 0 Å². The maximum absolute atomic E-state index is 13.4. The normalized spacial score (nSPS) is 17.9. The maximum atomic E-state index is 13.4. The zero-order chi connectivity index (χ0) is 24.1. The van der Waals surface area contributed by atoms with Crippen molar-refractivity contribution >= 4 is 22.8 Å². The fourth-order valence-electron chi connectivity index (χ4n) is 4.36.